The van der Waals surface area contributed by atoms with Crippen molar-refractivity contribution in [2.75, 3.05) is 6.54 Å². The lowest BCUT2D eigenvalue weighted by Gasteiger charge is -2.37. The molecule has 160 valence electrons. The van der Waals surface area contributed by atoms with Gasteiger partial charge in [0.2, 0.25) is 0 Å². The third-order valence-corrected chi connectivity index (χ3v) is 6.85. The second kappa shape index (κ2) is 10.3. The van der Waals surface area contributed by atoms with Crippen molar-refractivity contribution < 1.29 is 4.39 Å². The summed E-state index contributed by atoms with van der Waals surface area (Å²) in [6.07, 6.45) is 15.7. The SMILES string of the molecule is CCC[C@](C)(c1cccc(F)c1)C1(C=CC(=S)NCCCCc2cccnc2)CC1. The molecule has 1 N–H and O–H groups in total. The smallest absolute Gasteiger partial charge is 0.123 e. The molecule has 1 aliphatic carbocycles. The third kappa shape index (κ3) is 5.54. The van der Waals surface area contributed by atoms with E-state index in [1.54, 1.807) is 6.07 Å². The maximum Gasteiger partial charge on any atom is 0.123 e. The van der Waals surface area contributed by atoms with Crippen molar-refractivity contribution in [1.82, 2.24) is 10.3 Å². The highest BCUT2D eigenvalue weighted by atomic mass is 32.1. The number of aryl methyl sites for hydroxylation is 1. The molecule has 0 spiro atoms. The summed E-state index contributed by atoms with van der Waals surface area (Å²) in [7, 11) is 0. The number of hydrogen-bond acceptors (Lipinski definition) is 2. The Bertz CT molecular complexity index is 860. The minimum atomic E-state index is -0.155. The fourth-order valence-corrected chi connectivity index (χ4v) is 4.73. The van der Waals surface area contributed by atoms with Crippen LogP contribution in [0.3, 0.4) is 0 Å². The fourth-order valence-electron chi connectivity index (χ4n) is 4.56. The Labute approximate surface area is 186 Å². The Morgan fingerprint density at radius 3 is 2.77 bits per heavy atom. The summed E-state index contributed by atoms with van der Waals surface area (Å²) < 4.78 is 13.9. The minimum absolute atomic E-state index is 0.0698. The first-order chi connectivity index (χ1) is 14.5. The zero-order valence-electron chi connectivity index (χ0n) is 18.2. The van der Waals surface area contributed by atoms with Gasteiger partial charge < -0.3 is 5.32 Å². The van der Waals surface area contributed by atoms with Gasteiger partial charge in [-0.25, -0.2) is 4.39 Å². The molecular weight excluding hydrogens is 391 g/mol. The van der Waals surface area contributed by atoms with Crippen LogP contribution in [0.25, 0.3) is 0 Å². The van der Waals surface area contributed by atoms with Crippen LogP contribution in [0.5, 0.6) is 0 Å². The number of thiocarbonyl (C=S) groups is 1. The van der Waals surface area contributed by atoms with Gasteiger partial charge in [-0.2, -0.15) is 0 Å². The zero-order valence-corrected chi connectivity index (χ0v) is 19.0. The lowest BCUT2D eigenvalue weighted by atomic mass is 9.66. The molecule has 2 aromatic rings. The first-order valence-corrected chi connectivity index (χ1v) is 11.5. The molecule has 1 atom stereocenters. The lowest BCUT2D eigenvalue weighted by molar-refractivity contribution is 0.299. The highest BCUT2D eigenvalue weighted by molar-refractivity contribution is 7.80. The van der Waals surface area contributed by atoms with E-state index >= 15 is 0 Å². The van der Waals surface area contributed by atoms with Gasteiger partial charge in [-0.15, -0.1) is 0 Å². The summed E-state index contributed by atoms with van der Waals surface area (Å²) in [5, 5.41) is 3.37. The molecule has 30 heavy (non-hydrogen) atoms. The van der Waals surface area contributed by atoms with E-state index in [4.69, 9.17) is 12.2 Å². The molecular formula is C26H33FN2S. The van der Waals surface area contributed by atoms with E-state index in [1.165, 1.54) is 11.6 Å². The molecule has 1 saturated carbocycles. The van der Waals surface area contributed by atoms with Crippen LogP contribution in [0.1, 0.15) is 63.5 Å². The maximum atomic E-state index is 13.9. The van der Waals surface area contributed by atoms with Gasteiger partial charge in [-0.3, -0.25) is 4.98 Å². The second-order valence-electron chi connectivity index (χ2n) is 8.69. The van der Waals surface area contributed by atoms with Crippen LogP contribution in [-0.2, 0) is 11.8 Å². The third-order valence-electron chi connectivity index (χ3n) is 6.57. The van der Waals surface area contributed by atoms with Gasteiger partial charge in [0.1, 0.15) is 5.82 Å². The van der Waals surface area contributed by atoms with Gasteiger partial charge >= 0.3 is 0 Å². The summed E-state index contributed by atoms with van der Waals surface area (Å²) in [6, 6.07) is 11.2. The predicted octanol–water partition coefficient (Wildman–Crippen LogP) is 6.55. The quantitative estimate of drug-likeness (QED) is 0.251. The first kappa shape index (κ1) is 22.6. The number of nitrogens with one attached hydrogen (secondary N) is 1. The Balaban J connectivity index is 1.53. The average molecular weight is 425 g/mol. The number of aromatic nitrogens is 1. The van der Waals surface area contributed by atoms with E-state index < -0.39 is 0 Å². The van der Waals surface area contributed by atoms with Crippen molar-refractivity contribution in [2.45, 2.75) is 64.2 Å². The highest BCUT2D eigenvalue weighted by Gasteiger charge is 2.55. The molecule has 4 heteroatoms. The normalized spacial score (nSPS) is 16.9. The van der Waals surface area contributed by atoms with Gasteiger partial charge in [0.05, 0.1) is 4.99 Å². The minimum Gasteiger partial charge on any atom is -0.376 e. The summed E-state index contributed by atoms with van der Waals surface area (Å²) >= 11 is 5.55. The van der Waals surface area contributed by atoms with E-state index in [9.17, 15) is 4.39 Å². The molecule has 1 heterocycles. The van der Waals surface area contributed by atoms with E-state index in [-0.39, 0.29) is 16.6 Å². The van der Waals surface area contributed by atoms with Gasteiger partial charge in [-0.05, 0) is 79.3 Å². The monoisotopic (exact) mass is 424 g/mol. The van der Waals surface area contributed by atoms with E-state index in [0.29, 0.717) is 0 Å². The van der Waals surface area contributed by atoms with Crippen LogP contribution in [0.15, 0.2) is 60.9 Å². The molecule has 0 bridgehead atoms. The molecule has 1 aliphatic rings. The zero-order chi connectivity index (χ0) is 21.5. The summed E-state index contributed by atoms with van der Waals surface area (Å²) in [4.78, 5) is 4.95. The maximum absolute atomic E-state index is 13.9. The number of benzene rings is 1. The Morgan fingerprint density at radius 2 is 2.10 bits per heavy atom. The highest BCUT2D eigenvalue weighted by Crippen LogP contribution is 2.62. The largest absolute Gasteiger partial charge is 0.376 e. The van der Waals surface area contributed by atoms with Crippen molar-refractivity contribution in [3.05, 3.63) is 77.9 Å². The van der Waals surface area contributed by atoms with Crippen molar-refractivity contribution in [3.63, 3.8) is 0 Å². The van der Waals surface area contributed by atoms with Crippen LogP contribution in [-0.4, -0.2) is 16.5 Å². The Morgan fingerprint density at radius 1 is 1.27 bits per heavy atom. The number of rotatable bonds is 11. The fraction of sp³-hybridized carbons (Fsp3) is 0.462. The standard InChI is InChI=1S/C26H33FN2S/c1-3-13-25(2,22-10-6-11-23(27)19-22)26(15-16-26)14-12-24(30)29-18-5-4-8-21-9-7-17-28-20-21/h6-7,9-12,14,17,19-20H,3-5,8,13,15-16,18H2,1-2H3,(H,29,30)/t25-/m1/s1. The molecule has 0 radical (unpaired) electrons. The van der Waals surface area contributed by atoms with Crippen molar-refractivity contribution in [3.8, 4) is 0 Å². The molecule has 1 aromatic carbocycles. The summed E-state index contributed by atoms with van der Waals surface area (Å²) in [6.45, 7) is 5.37. The van der Waals surface area contributed by atoms with Crippen molar-refractivity contribution in [2.24, 2.45) is 5.41 Å². The number of hydrogen-bond donors (Lipinski definition) is 1. The van der Waals surface area contributed by atoms with Crippen LogP contribution >= 0.6 is 12.2 Å². The van der Waals surface area contributed by atoms with Gasteiger partial charge in [0.25, 0.3) is 0 Å². The van der Waals surface area contributed by atoms with Gasteiger partial charge in [0.15, 0.2) is 0 Å². The van der Waals surface area contributed by atoms with Crippen LogP contribution in [0.4, 0.5) is 4.39 Å². The molecule has 0 aliphatic heterocycles. The predicted molar refractivity (Wildman–Crippen MR) is 127 cm³/mol. The van der Waals surface area contributed by atoms with E-state index in [0.717, 1.165) is 62.0 Å². The van der Waals surface area contributed by atoms with Crippen molar-refractivity contribution in [1.29, 1.82) is 0 Å². The molecule has 2 nitrogen and oxygen atoms in total. The van der Waals surface area contributed by atoms with Crippen LogP contribution in [0, 0.1) is 11.2 Å². The van der Waals surface area contributed by atoms with E-state index in [1.807, 2.05) is 24.5 Å². The number of unbranched alkanes of at least 4 members (excludes halogenated alkanes) is 1. The summed E-state index contributed by atoms with van der Waals surface area (Å²) in [5.41, 5.74) is 2.38. The Kier molecular flexibility index (Phi) is 7.76. The Hall–Kier alpha value is -2.07. The van der Waals surface area contributed by atoms with Gasteiger partial charge in [0, 0.05) is 24.4 Å². The first-order valence-electron chi connectivity index (χ1n) is 11.1. The number of halogens is 1. The summed E-state index contributed by atoms with van der Waals surface area (Å²) in [5.74, 6) is -0.155. The molecule has 1 fully saturated rings. The van der Waals surface area contributed by atoms with Crippen LogP contribution < -0.4 is 5.32 Å². The molecule has 0 amide bonds. The number of nitrogens with zero attached hydrogens (tertiary/aromatic N) is 1. The number of pyridine rings is 1. The molecule has 0 unspecified atom stereocenters. The number of allylic oxidation sites excluding steroid dienone is 1. The van der Waals surface area contributed by atoms with E-state index in [2.05, 4.69) is 48.4 Å². The lowest BCUT2D eigenvalue weighted by Crippen LogP contribution is -2.33. The second-order valence-corrected chi connectivity index (χ2v) is 9.13. The van der Waals surface area contributed by atoms with Crippen molar-refractivity contribution >= 4 is 17.2 Å². The topological polar surface area (TPSA) is 24.9 Å². The molecule has 3 rings (SSSR count). The molecule has 0 saturated heterocycles. The van der Waals surface area contributed by atoms with Crippen LogP contribution in [0.2, 0.25) is 0 Å². The van der Waals surface area contributed by atoms with Gasteiger partial charge in [-0.1, -0.05) is 56.8 Å². The average Bonchev–Trinajstić information content (AvgIpc) is 3.55. The molecule has 1 aromatic heterocycles.